The highest BCUT2D eigenvalue weighted by Crippen LogP contribution is 2.35. The monoisotopic (exact) mass is 197 g/mol. The zero-order valence-electron chi connectivity index (χ0n) is 6.22. The van der Waals surface area contributed by atoms with Gasteiger partial charge >= 0.3 is 10.4 Å². The molecule has 1 aromatic rings. The molecule has 0 fully saturated rings. The van der Waals surface area contributed by atoms with E-state index in [2.05, 4.69) is 8.37 Å². The number of benzene rings is 1. The summed E-state index contributed by atoms with van der Waals surface area (Å²) < 4.78 is 30.4. The topological polar surface area (TPSA) is 76.4 Å². The van der Waals surface area contributed by atoms with Gasteiger partial charge in [-0.3, -0.25) is 0 Å². The largest absolute Gasteiger partial charge is 0.501 e. The molecular weight excluding hydrogens is 194 g/mol. The molecule has 0 radical (unpaired) electrons. The van der Waals surface area contributed by atoms with Crippen molar-refractivity contribution in [3.05, 3.63) is 23.8 Å². The first-order valence-electron chi connectivity index (χ1n) is 3.29. The van der Waals surface area contributed by atoms with E-state index in [1.807, 2.05) is 6.07 Å². The van der Waals surface area contributed by atoms with Crippen LogP contribution >= 0.6 is 0 Å². The molecule has 0 saturated carbocycles. The van der Waals surface area contributed by atoms with Gasteiger partial charge in [0.25, 0.3) is 0 Å². The highest BCUT2D eigenvalue weighted by Gasteiger charge is 2.28. The normalized spacial score (nSPS) is 16.5. The van der Waals surface area contributed by atoms with Gasteiger partial charge in [-0.05, 0) is 12.1 Å². The van der Waals surface area contributed by atoms with E-state index in [0.717, 1.165) is 0 Å². The summed E-state index contributed by atoms with van der Waals surface area (Å²) in [4.78, 5) is 0. The Morgan fingerprint density at radius 1 is 1.23 bits per heavy atom. The Bertz CT molecular complexity index is 500. The van der Waals surface area contributed by atoms with Crippen LogP contribution in [0, 0.1) is 11.3 Å². The molecule has 0 unspecified atom stereocenters. The van der Waals surface area contributed by atoms with E-state index in [1.165, 1.54) is 18.2 Å². The molecule has 0 N–H and O–H groups in total. The van der Waals surface area contributed by atoms with Crippen molar-refractivity contribution in [3.63, 3.8) is 0 Å². The van der Waals surface area contributed by atoms with Crippen LogP contribution in [0.15, 0.2) is 18.2 Å². The van der Waals surface area contributed by atoms with E-state index in [1.54, 1.807) is 0 Å². The molecule has 66 valence electrons. The Balaban J connectivity index is 2.55. The predicted octanol–water partition coefficient (Wildman–Crippen LogP) is 0.574. The molecule has 2 rings (SSSR count). The molecule has 1 heterocycles. The first-order valence-corrected chi connectivity index (χ1v) is 4.62. The fourth-order valence-electron chi connectivity index (χ4n) is 0.949. The molecule has 13 heavy (non-hydrogen) atoms. The van der Waals surface area contributed by atoms with Crippen LogP contribution in [-0.2, 0) is 10.4 Å². The zero-order chi connectivity index (χ0) is 9.47. The first-order chi connectivity index (χ1) is 6.11. The number of fused-ring (bicyclic) bond motifs is 1. The third-order valence-corrected chi connectivity index (χ3v) is 2.22. The lowest BCUT2D eigenvalue weighted by Gasteiger charge is -1.90. The van der Waals surface area contributed by atoms with E-state index in [-0.39, 0.29) is 11.5 Å². The van der Waals surface area contributed by atoms with Crippen LogP contribution in [-0.4, -0.2) is 8.42 Å². The molecule has 1 aromatic carbocycles. The van der Waals surface area contributed by atoms with Crippen LogP contribution in [0.4, 0.5) is 0 Å². The van der Waals surface area contributed by atoms with Crippen molar-refractivity contribution in [3.8, 4) is 17.6 Å². The second kappa shape index (κ2) is 2.37. The molecule has 1 aliphatic rings. The summed E-state index contributed by atoms with van der Waals surface area (Å²) >= 11 is 0. The number of rotatable bonds is 0. The molecular formula is C7H3NO4S. The van der Waals surface area contributed by atoms with Gasteiger partial charge in [0.05, 0.1) is 11.6 Å². The third kappa shape index (κ3) is 1.29. The second-order valence-electron chi connectivity index (χ2n) is 2.35. The number of hydrogen-bond acceptors (Lipinski definition) is 5. The lowest BCUT2D eigenvalue weighted by molar-refractivity contribution is 0.436. The van der Waals surface area contributed by atoms with Gasteiger partial charge in [-0.15, -0.1) is 8.42 Å². The van der Waals surface area contributed by atoms with Crippen LogP contribution in [0.2, 0.25) is 0 Å². The Morgan fingerprint density at radius 3 is 2.62 bits per heavy atom. The van der Waals surface area contributed by atoms with Crippen molar-refractivity contribution in [2.75, 3.05) is 0 Å². The maximum absolute atomic E-state index is 10.8. The minimum absolute atomic E-state index is 0.0547. The Hall–Kier alpha value is -1.74. The van der Waals surface area contributed by atoms with Gasteiger partial charge in [-0.1, -0.05) is 0 Å². The predicted molar refractivity (Wildman–Crippen MR) is 41.3 cm³/mol. The minimum atomic E-state index is -3.94. The smallest absolute Gasteiger partial charge is 0.349 e. The summed E-state index contributed by atoms with van der Waals surface area (Å²) in [6.45, 7) is 0. The van der Waals surface area contributed by atoms with E-state index in [0.29, 0.717) is 5.56 Å². The van der Waals surface area contributed by atoms with Gasteiger partial charge in [0.1, 0.15) is 0 Å². The fourth-order valence-corrected chi connectivity index (χ4v) is 1.69. The Labute approximate surface area is 74.5 Å². The van der Waals surface area contributed by atoms with Crippen LogP contribution in [0.5, 0.6) is 11.5 Å². The molecule has 0 atom stereocenters. The summed E-state index contributed by atoms with van der Waals surface area (Å²) in [6, 6.07) is 5.98. The van der Waals surface area contributed by atoms with Crippen LogP contribution in [0.1, 0.15) is 5.56 Å². The standard InChI is InChI=1S/C7H3NO4S/c8-4-5-1-2-6-7(3-5)12-13(9,10)11-6/h1-3H. The summed E-state index contributed by atoms with van der Waals surface area (Å²) in [6.07, 6.45) is 0. The molecule has 6 heteroatoms. The van der Waals surface area contributed by atoms with E-state index in [9.17, 15) is 8.42 Å². The van der Waals surface area contributed by atoms with E-state index < -0.39 is 10.4 Å². The first kappa shape index (κ1) is 7.89. The maximum Gasteiger partial charge on any atom is 0.501 e. The number of hydrogen-bond donors (Lipinski definition) is 0. The summed E-state index contributed by atoms with van der Waals surface area (Å²) in [5.41, 5.74) is 0.319. The molecule has 0 aromatic heterocycles. The van der Waals surface area contributed by atoms with E-state index >= 15 is 0 Å². The van der Waals surface area contributed by atoms with Crippen molar-refractivity contribution in [2.45, 2.75) is 0 Å². The molecule has 1 aliphatic heterocycles. The van der Waals surface area contributed by atoms with Gasteiger partial charge in [0, 0.05) is 6.07 Å². The summed E-state index contributed by atoms with van der Waals surface area (Å²) in [5, 5.41) is 8.50. The lowest BCUT2D eigenvalue weighted by Crippen LogP contribution is -2.07. The van der Waals surface area contributed by atoms with Crippen molar-refractivity contribution in [2.24, 2.45) is 0 Å². The van der Waals surface area contributed by atoms with Crippen LogP contribution in [0.25, 0.3) is 0 Å². The van der Waals surface area contributed by atoms with Crippen molar-refractivity contribution >= 4 is 10.4 Å². The SMILES string of the molecule is N#Cc1ccc2c(c1)OS(=O)(=O)O2. The van der Waals surface area contributed by atoms with Crippen LogP contribution in [0.3, 0.4) is 0 Å². The van der Waals surface area contributed by atoms with Gasteiger partial charge in [-0.25, -0.2) is 0 Å². The molecule has 0 bridgehead atoms. The second-order valence-corrected chi connectivity index (χ2v) is 3.50. The summed E-state index contributed by atoms with van der Waals surface area (Å²) in [7, 11) is -3.94. The highest BCUT2D eigenvalue weighted by molar-refractivity contribution is 7.82. The molecule has 0 saturated heterocycles. The van der Waals surface area contributed by atoms with Gasteiger partial charge in [0.2, 0.25) is 0 Å². The van der Waals surface area contributed by atoms with E-state index in [4.69, 9.17) is 5.26 Å². The maximum atomic E-state index is 10.8. The third-order valence-electron chi connectivity index (χ3n) is 1.46. The van der Waals surface area contributed by atoms with Crippen LogP contribution < -0.4 is 8.37 Å². The summed E-state index contributed by atoms with van der Waals surface area (Å²) in [5.74, 6) is 0.165. The lowest BCUT2D eigenvalue weighted by atomic mass is 10.2. The molecule has 0 aliphatic carbocycles. The average molecular weight is 197 g/mol. The zero-order valence-corrected chi connectivity index (χ0v) is 7.04. The molecule has 0 amide bonds. The van der Waals surface area contributed by atoms with Crippen molar-refractivity contribution in [1.82, 2.24) is 0 Å². The van der Waals surface area contributed by atoms with Gasteiger partial charge in [-0.2, -0.15) is 5.26 Å². The Morgan fingerprint density at radius 2 is 1.92 bits per heavy atom. The Kier molecular flexibility index (Phi) is 1.44. The quantitative estimate of drug-likeness (QED) is 0.607. The average Bonchev–Trinajstić information content (AvgIpc) is 2.36. The minimum Gasteiger partial charge on any atom is -0.349 e. The van der Waals surface area contributed by atoms with Crippen molar-refractivity contribution < 1.29 is 16.8 Å². The highest BCUT2D eigenvalue weighted by atomic mass is 32.3. The molecule has 0 spiro atoms. The van der Waals surface area contributed by atoms with Crippen molar-refractivity contribution in [1.29, 1.82) is 5.26 Å². The van der Waals surface area contributed by atoms with Gasteiger partial charge < -0.3 is 8.37 Å². The number of nitrogens with zero attached hydrogens (tertiary/aromatic N) is 1. The fraction of sp³-hybridized carbons (Fsp3) is 0. The molecule has 5 nitrogen and oxygen atoms in total. The van der Waals surface area contributed by atoms with Gasteiger partial charge in [0.15, 0.2) is 11.5 Å². The number of nitriles is 1.